The third kappa shape index (κ3) is 5.29. The molecule has 262 valence electrons. The first-order valence-corrected chi connectivity index (χ1v) is 17.9. The minimum atomic E-state index is -0.682. The first kappa shape index (κ1) is 22.6. The third-order valence-corrected chi connectivity index (χ3v) is 9.85. The van der Waals surface area contributed by atoms with E-state index in [2.05, 4.69) is 0 Å². The van der Waals surface area contributed by atoms with E-state index >= 15 is 0 Å². The van der Waals surface area contributed by atoms with Gasteiger partial charge in [0.15, 0.2) is 17.5 Å². The van der Waals surface area contributed by atoms with Gasteiger partial charge in [-0.05, 0) is 47.0 Å². The molecule has 0 aliphatic rings. The van der Waals surface area contributed by atoms with E-state index in [4.69, 9.17) is 27.6 Å². The van der Waals surface area contributed by atoms with Crippen LogP contribution in [-0.4, -0.2) is 19.5 Å². The molecule has 0 radical (unpaired) electrons. The van der Waals surface area contributed by atoms with Gasteiger partial charge >= 0.3 is 0 Å². The van der Waals surface area contributed by atoms with Crippen molar-refractivity contribution in [1.29, 1.82) is 0 Å². The van der Waals surface area contributed by atoms with Crippen LogP contribution in [0, 0.1) is 0 Å². The van der Waals surface area contributed by atoms with Crippen molar-refractivity contribution in [3.8, 4) is 62.1 Å². The van der Waals surface area contributed by atoms with Gasteiger partial charge in [0.2, 0.25) is 0 Å². The maximum Gasteiger partial charge on any atom is 0.166 e. The Balaban J connectivity index is 1.31. The zero-order valence-corrected chi connectivity index (χ0v) is 29.3. The molecule has 0 N–H and O–H groups in total. The van der Waals surface area contributed by atoms with Gasteiger partial charge in [0, 0.05) is 43.8 Å². The molecule has 0 aliphatic carbocycles. The van der Waals surface area contributed by atoms with E-state index in [1.807, 2.05) is 115 Å². The van der Waals surface area contributed by atoms with Gasteiger partial charge in [0.05, 0.1) is 31.8 Å². The van der Waals surface area contributed by atoms with E-state index in [0.717, 1.165) is 16.3 Å². The number of fused-ring (bicyclic) bond motifs is 6. The van der Waals surface area contributed by atoms with Crippen LogP contribution in [0.1, 0.15) is 15.1 Å². The van der Waals surface area contributed by atoms with Crippen LogP contribution in [0.5, 0.6) is 0 Å². The van der Waals surface area contributed by atoms with Crippen LogP contribution >= 0.6 is 0 Å². The molecule has 0 amide bonds. The second-order valence-electron chi connectivity index (χ2n) is 13.1. The van der Waals surface area contributed by atoms with E-state index in [1.165, 1.54) is 10.6 Å². The Hall–Kier alpha value is -7.63. The first-order chi connectivity index (χ1) is 32.3. The van der Waals surface area contributed by atoms with Crippen molar-refractivity contribution in [2.45, 2.75) is 0 Å². The Morgan fingerprint density at radius 1 is 0.429 bits per heavy atom. The summed E-state index contributed by atoms with van der Waals surface area (Å²) in [4.78, 5) is 15.1. The predicted octanol–water partition coefficient (Wildman–Crippen LogP) is 13.2. The monoisotopic (exact) mass is 727 g/mol. The molecule has 11 rings (SSSR count). The SMILES string of the molecule is [2H]c1cc([2H])c2c(c1[2H])c1c([2H])c([2H])c(-c3c([2H])c([2H])c([2H])c([2H])c3[2H])c([2H])c1n2-c1ccc(-c2cccc3c2oc2ccccc23)cc1-c1nc(-c2ccccc2)nc(-c2ccccc2)n1. The summed E-state index contributed by atoms with van der Waals surface area (Å²) >= 11 is 0. The number of hydrogen-bond donors (Lipinski definition) is 0. The summed E-state index contributed by atoms with van der Waals surface area (Å²) in [5.74, 6) is 0.854. The first-order valence-electron chi connectivity index (χ1n) is 23.4. The Bertz CT molecular complexity index is 3810. The number of benzene rings is 8. The van der Waals surface area contributed by atoms with Crippen molar-refractivity contribution in [3.05, 3.63) is 194 Å². The Kier molecular flexibility index (Phi) is 5.25. The van der Waals surface area contributed by atoms with Crippen LogP contribution in [0.4, 0.5) is 0 Å². The highest BCUT2D eigenvalue weighted by Gasteiger charge is 2.22. The maximum absolute atomic E-state index is 9.92. The fourth-order valence-corrected chi connectivity index (χ4v) is 7.28. The normalized spacial score (nSPS) is 14.3. The largest absolute Gasteiger partial charge is 0.455 e. The molecule has 0 spiro atoms. The third-order valence-electron chi connectivity index (χ3n) is 9.85. The molecule has 0 unspecified atom stereocenters. The molecule has 0 aliphatic heterocycles. The van der Waals surface area contributed by atoms with Crippen LogP contribution < -0.4 is 0 Å². The smallest absolute Gasteiger partial charge is 0.166 e. The maximum atomic E-state index is 9.92. The highest BCUT2D eigenvalue weighted by atomic mass is 16.3. The summed E-state index contributed by atoms with van der Waals surface area (Å²) < 4.78 is 107. The molecule has 0 atom stereocenters. The molecule has 0 saturated carbocycles. The Morgan fingerprint density at radius 3 is 1.91 bits per heavy atom. The number of rotatable bonds is 6. The predicted molar refractivity (Wildman–Crippen MR) is 229 cm³/mol. The molecule has 8 aromatic carbocycles. The average molecular weight is 728 g/mol. The number of hydrogen-bond acceptors (Lipinski definition) is 4. The van der Waals surface area contributed by atoms with E-state index in [-0.39, 0.29) is 51.4 Å². The fourth-order valence-electron chi connectivity index (χ4n) is 7.28. The van der Waals surface area contributed by atoms with Crippen molar-refractivity contribution in [2.75, 3.05) is 0 Å². The molecular weight excluding hydrogens is 685 g/mol. The summed E-state index contributed by atoms with van der Waals surface area (Å²) in [7, 11) is 0. The fraction of sp³-hybridized carbons (Fsp3) is 0. The summed E-state index contributed by atoms with van der Waals surface area (Å²) in [6.07, 6.45) is 0. The van der Waals surface area contributed by atoms with Gasteiger partial charge in [0.1, 0.15) is 11.2 Å². The number of nitrogens with zero attached hydrogens (tertiary/aromatic N) is 4. The van der Waals surface area contributed by atoms with Gasteiger partial charge in [-0.25, -0.2) is 15.0 Å². The van der Waals surface area contributed by atoms with Crippen LogP contribution in [0.25, 0.3) is 106 Å². The molecular formula is C51H32N4O. The molecule has 0 fully saturated rings. The lowest BCUT2D eigenvalue weighted by Gasteiger charge is -2.17. The van der Waals surface area contributed by atoms with Crippen LogP contribution in [0.2, 0.25) is 0 Å². The molecule has 3 heterocycles. The molecule has 0 saturated heterocycles. The Morgan fingerprint density at radius 2 is 1.12 bits per heavy atom. The topological polar surface area (TPSA) is 56.7 Å². The average Bonchev–Trinajstić information content (AvgIpc) is 3.93. The quantitative estimate of drug-likeness (QED) is 0.171. The van der Waals surface area contributed by atoms with Crippen LogP contribution in [0.15, 0.2) is 198 Å². The highest BCUT2D eigenvalue weighted by Crippen LogP contribution is 2.41. The summed E-state index contributed by atoms with van der Waals surface area (Å²) in [5, 5.41) is 1.68. The van der Waals surface area contributed by atoms with Crippen molar-refractivity contribution >= 4 is 43.7 Å². The van der Waals surface area contributed by atoms with E-state index in [9.17, 15) is 6.85 Å². The second-order valence-corrected chi connectivity index (χ2v) is 13.1. The summed E-state index contributed by atoms with van der Waals surface area (Å²) in [6, 6.07) is 33.1. The van der Waals surface area contributed by atoms with Gasteiger partial charge in [-0.1, -0.05) is 164 Å². The van der Waals surface area contributed by atoms with Crippen molar-refractivity contribution in [1.82, 2.24) is 19.5 Å². The summed E-state index contributed by atoms with van der Waals surface area (Å²) in [5.41, 5.74) is 3.82. The van der Waals surface area contributed by atoms with E-state index in [1.54, 1.807) is 6.07 Å². The van der Waals surface area contributed by atoms with Gasteiger partial charge in [-0.15, -0.1) is 0 Å². The van der Waals surface area contributed by atoms with Crippen molar-refractivity contribution in [2.24, 2.45) is 0 Å². The molecule has 5 nitrogen and oxygen atoms in total. The number of furan rings is 1. The van der Waals surface area contributed by atoms with Crippen molar-refractivity contribution in [3.63, 3.8) is 0 Å². The van der Waals surface area contributed by atoms with Crippen LogP contribution in [-0.2, 0) is 0 Å². The van der Waals surface area contributed by atoms with Gasteiger partial charge in [0.25, 0.3) is 0 Å². The number of aromatic nitrogens is 4. The lowest BCUT2D eigenvalue weighted by Crippen LogP contribution is -2.04. The Labute approximate surface area is 338 Å². The molecule has 56 heavy (non-hydrogen) atoms. The van der Waals surface area contributed by atoms with Gasteiger partial charge in [-0.2, -0.15) is 0 Å². The molecule has 5 heteroatoms. The zero-order chi connectivity index (χ0) is 46.6. The molecule has 3 aromatic heterocycles. The minimum Gasteiger partial charge on any atom is -0.455 e. The number of para-hydroxylation sites is 3. The second kappa shape index (κ2) is 13.0. The van der Waals surface area contributed by atoms with Crippen molar-refractivity contribution < 1.29 is 19.5 Å². The van der Waals surface area contributed by atoms with Crippen LogP contribution in [0.3, 0.4) is 0 Å². The minimum absolute atomic E-state index is 0.0321. The van der Waals surface area contributed by atoms with E-state index < -0.39 is 59.5 Å². The lowest BCUT2D eigenvalue weighted by molar-refractivity contribution is 0.670. The summed E-state index contributed by atoms with van der Waals surface area (Å²) in [6.45, 7) is 0. The lowest BCUT2D eigenvalue weighted by atomic mass is 9.98. The zero-order valence-electron chi connectivity index (χ0n) is 40.3. The van der Waals surface area contributed by atoms with Gasteiger partial charge in [-0.3, -0.25) is 0 Å². The highest BCUT2D eigenvalue weighted by molar-refractivity contribution is 6.12. The molecule has 0 bridgehead atoms. The van der Waals surface area contributed by atoms with Gasteiger partial charge < -0.3 is 8.98 Å². The molecule has 11 aromatic rings. The standard InChI is InChI=1S/C51H32N4O/c1-4-15-33(16-5-1)36-27-29-40-39-21-10-12-25-44(39)55(46(40)32-36)45-30-28-37(38-23-14-24-42-41-22-11-13-26-47(41)56-48(38)42)31-43(45)51-53-49(34-17-6-2-7-18-34)52-50(54-51)35-19-8-3-9-20-35/h1-32H/i1D,4D,5D,10D,15D,16D,21D,25D,27D,29D,32D. The van der Waals surface area contributed by atoms with E-state index in [0.29, 0.717) is 45.1 Å².